The van der Waals surface area contributed by atoms with Crippen molar-refractivity contribution in [1.82, 2.24) is 24.6 Å². The number of fused-ring (bicyclic) bond motifs is 2. The van der Waals surface area contributed by atoms with E-state index < -0.39 is 16.2 Å². The minimum atomic E-state index is -3.87. The van der Waals surface area contributed by atoms with Gasteiger partial charge in [0.1, 0.15) is 5.56 Å². The predicted molar refractivity (Wildman–Crippen MR) is 126 cm³/mol. The monoisotopic (exact) mass is 491 g/mol. The van der Waals surface area contributed by atoms with E-state index in [0.717, 1.165) is 19.3 Å². The molecule has 34 heavy (non-hydrogen) atoms. The van der Waals surface area contributed by atoms with Crippen molar-refractivity contribution in [3.63, 3.8) is 0 Å². The van der Waals surface area contributed by atoms with Gasteiger partial charge in [-0.05, 0) is 67.9 Å². The molecule has 11 heteroatoms. The van der Waals surface area contributed by atoms with Gasteiger partial charge in [-0.3, -0.25) is 4.79 Å². The summed E-state index contributed by atoms with van der Waals surface area (Å²) in [6.07, 6.45) is 10.3. The van der Waals surface area contributed by atoms with Crippen LogP contribution < -0.4 is 20.1 Å². The Morgan fingerprint density at radius 2 is 1.97 bits per heavy atom. The molecule has 3 amide bonds. The highest BCUT2D eigenvalue weighted by atomic mass is 32.2. The van der Waals surface area contributed by atoms with Crippen LogP contribution in [0.5, 0.6) is 5.88 Å². The first-order chi connectivity index (χ1) is 16.4. The highest BCUT2D eigenvalue weighted by molar-refractivity contribution is 7.87. The number of allylic oxidation sites excluding steroid dienone is 2. The number of rotatable bonds is 9. The summed E-state index contributed by atoms with van der Waals surface area (Å²) in [5, 5.41) is 5.61. The summed E-state index contributed by atoms with van der Waals surface area (Å²) < 4.78 is 33.8. The summed E-state index contributed by atoms with van der Waals surface area (Å²) >= 11 is 0. The minimum absolute atomic E-state index is 0.248. The Morgan fingerprint density at radius 3 is 2.65 bits per heavy atom. The Labute approximate surface area is 200 Å². The number of pyridine rings is 1. The number of carbonyl (C=O) groups excluding carboxylic acids is 2. The van der Waals surface area contributed by atoms with Crippen LogP contribution in [0.25, 0.3) is 0 Å². The summed E-state index contributed by atoms with van der Waals surface area (Å²) in [6, 6.07) is 2.67. The summed E-state index contributed by atoms with van der Waals surface area (Å²) in [5.74, 6) is 1.82. The second-order valence-corrected chi connectivity index (χ2v) is 11.0. The molecule has 1 aromatic heterocycles. The number of nitrogens with one attached hydrogen (secondary N) is 3. The minimum Gasteiger partial charge on any atom is -0.480 e. The molecule has 3 N–H and O–H groups in total. The molecule has 0 unspecified atom stereocenters. The molecule has 186 valence electrons. The lowest BCUT2D eigenvalue weighted by molar-refractivity contribution is 0.0946. The molecular weight excluding hydrogens is 458 g/mol. The maximum absolute atomic E-state index is 12.6. The second-order valence-electron chi connectivity index (χ2n) is 9.30. The van der Waals surface area contributed by atoms with Gasteiger partial charge in [-0.1, -0.05) is 12.2 Å². The van der Waals surface area contributed by atoms with Gasteiger partial charge in [0, 0.05) is 32.4 Å². The van der Waals surface area contributed by atoms with Crippen molar-refractivity contribution in [3.8, 4) is 5.88 Å². The van der Waals surface area contributed by atoms with Crippen molar-refractivity contribution >= 4 is 22.1 Å². The average Bonchev–Trinajstić information content (AvgIpc) is 3.46. The number of aromatic nitrogens is 1. The number of hydrogen-bond acceptors (Lipinski definition) is 6. The van der Waals surface area contributed by atoms with Crippen molar-refractivity contribution in [1.29, 1.82) is 0 Å². The van der Waals surface area contributed by atoms with E-state index in [9.17, 15) is 18.0 Å². The number of carbonyl (C=O) groups is 2. The largest absolute Gasteiger partial charge is 0.480 e. The van der Waals surface area contributed by atoms with E-state index in [4.69, 9.17) is 4.74 Å². The topological polar surface area (TPSA) is 130 Å². The number of hydrogen-bond donors (Lipinski definition) is 3. The van der Waals surface area contributed by atoms with Crippen LogP contribution in [0.1, 0.15) is 42.5 Å². The maximum atomic E-state index is 12.6. The molecule has 1 saturated carbocycles. The Hall–Kier alpha value is -2.66. The quantitative estimate of drug-likeness (QED) is 0.451. The lowest BCUT2D eigenvalue weighted by Gasteiger charge is -2.31. The van der Waals surface area contributed by atoms with Crippen LogP contribution in [0.15, 0.2) is 30.5 Å². The fourth-order valence-corrected chi connectivity index (χ4v) is 6.35. The molecule has 2 bridgehead atoms. The summed E-state index contributed by atoms with van der Waals surface area (Å²) in [6.45, 7) is 1.66. The molecule has 4 rings (SSSR count). The number of urea groups is 1. The first-order valence-electron chi connectivity index (χ1n) is 11.9. The van der Waals surface area contributed by atoms with Crippen molar-refractivity contribution in [2.45, 2.75) is 32.1 Å². The van der Waals surface area contributed by atoms with E-state index in [2.05, 4.69) is 32.5 Å². The summed E-state index contributed by atoms with van der Waals surface area (Å²) in [4.78, 5) is 28.6. The zero-order valence-corrected chi connectivity index (χ0v) is 20.2. The van der Waals surface area contributed by atoms with Crippen LogP contribution in [-0.2, 0) is 10.2 Å². The lowest BCUT2D eigenvalue weighted by Crippen LogP contribution is -2.50. The molecule has 0 radical (unpaired) electrons. The molecule has 1 aliphatic heterocycles. The van der Waals surface area contributed by atoms with Crippen LogP contribution in [0.4, 0.5) is 4.79 Å². The summed E-state index contributed by atoms with van der Waals surface area (Å²) in [7, 11) is -2.40. The van der Waals surface area contributed by atoms with Gasteiger partial charge in [0.05, 0.1) is 7.11 Å². The molecular formula is C23H33N5O5S. The van der Waals surface area contributed by atoms with Crippen LogP contribution in [0.3, 0.4) is 0 Å². The molecule has 1 saturated heterocycles. The molecule has 0 aromatic carbocycles. The van der Waals surface area contributed by atoms with Gasteiger partial charge in [0.15, 0.2) is 0 Å². The fraction of sp³-hybridized carbons (Fsp3) is 0.609. The molecule has 2 heterocycles. The van der Waals surface area contributed by atoms with Crippen molar-refractivity contribution in [2.75, 3.05) is 33.3 Å². The molecule has 10 nitrogen and oxygen atoms in total. The number of methoxy groups -OCH3 is 1. The van der Waals surface area contributed by atoms with E-state index in [1.807, 2.05) is 0 Å². The second kappa shape index (κ2) is 10.7. The van der Waals surface area contributed by atoms with Crippen LogP contribution in [0.2, 0.25) is 0 Å². The first kappa shape index (κ1) is 24.5. The van der Waals surface area contributed by atoms with E-state index in [0.29, 0.717) is 68.3 Å². The number of nitrogens with zero attached hydrogens (tertiary/aromatic N) is 2. The maximum Gasteiger partial charge on any atom is 0.329 e. The molecule has 3 aliphatic rings. The molecule has 2 aliphatic carbocycles. The van der Waals surface area contributed by atoms with E-state index in [1.165, 1.54) is 11.4 Å². The van der Waals surface area contributed by atoms with Crippen LogP contribution >= 0.6 is 0 Å². The number of ether oxygens (including phenoxy) is 1. The zero-order valence-electron chi connectivity index (χ0n) is 19.4. The van der Waals surface area contributed by atoms with E-state index in [1.54, 1.807) is 18.3 Å². The standard InChI is InChI=1S/C23H33N5O5S/c1-33-22-20(3-2-9-25-22)21(29)24-10-6-16-7-11-28(12-8-16)34(31,32)27-23(30)26-15-19-14-17-4-5-18(19)13-17/h2-5,9,16-19H,6-8,10-15H2,1H3,(H,24,29)(H2,26,27,30)/t17-,18+,19-/m1/s1. The average molecular weight is 492 g/mol. The van der Waals surface area contributed by atoms with Crippen LogP contribution in [-0.4, -0.2) is 62.9 Å². The van der Waals surface area contributed by atoms with Gasteiger partial charge in [-0.15, -0.1) is 0 Å². The van der Waals surface area contributed by atoms with Gasteiger partial charge in [-0.2, -0.15) is 12.7 Å². The zero-order chi connectivity index (χ0) is 24.1. The smallest absolute Gasteiger partial charge is 0.329 e. The summed E-state index contributed by atoms with van der Waals surface area (Å²) in [5.41, 5.74) is 0.382. The predicted octanol–water partition coefficient (Wildman–Crippen LogP) is 1.68. The molecule has 1 aromatic rings. The van der Waals surface area contributed by atoms with Crippen molar-refractivity contribution in [2.24, 2.45) is 23.7 Å². The highest BCUT2D eigenvalue weighted by Gasteiger charge is 2.36. The molecule has 0 spiro atoms. The Balaban J connectivity index is 1.15. The normalized spacial score (nSPS) is 24.7. The first-order valence-corrected chi connectivity index (χ1v) is 13.3. The van der Waals surface area contributed by atoms with Crippen molar-refractivity contribution in [3.05, 3.63) is 36.0 Å². The van der Waals surface area contributed by atoms with Gasteiger partial charge in [-0.25, -0.2) is 14.5 Å². The fourth-order valence-electron chi connectivity index (χ4n) is 5.22. The van der Waals surface area contributed by atoms with Gasteiger partial charge < -0.3 is 15.4 Å². The third-order valence-electron chi connectivity index (χ3n) is 7.12. The third kappa shape index (κ3) is 5.87. The van der Waals surface area contributed by atoms with Crippen LogP contribution in [0, 0.1) is 23.7 Å². The third-order valence-corrected chi connectivity index (χ3v) is 8.61. The number of piperidine rings is 1. The Morgan fingerprint density at radius 1 is 1.18 bits per heavy atom. The van der Waals surface area contributed by atoms with E-state index >= 15 is 0 Å². The SMILES string of the molecule is COc1ncccc1C(=O)NCCC1CCN(S(=O)(=O)NC(=O)NC[C@H]2C[C@@H]3C=C[C@H]2C3)CC1. The molecule has 3 atom stereocenters. The van der Waals surface area contributed by atoms with Gasteiger partial charge >= 0.3 is 16.2 Å². The lowest BCUT2D eigenvalue weighted by atomic mass is 9.94. The molecule has 2 fully saturated rings. The van der Waals surface area contributed by atoms with Gasteiger partial charge in [0.2, 0.25) is 5.88 Å². The highest BCUT2D eigenvalue weighted by Crippen LogP contribution is 2.42. The number of amides is 3. The van der Waals surface area contributed by atoms with E-state index in [-0.39, 0.29) is 11.8 Å². The Bertz CT molecular complexity index is 1020. The Kier molecular flexibility index (Phi) is 7.72. The van der Waals surface area contributed by atoms with Crippen molar-refractivity contribution < 1.29 is 22.7 Å². The van der Waals surface area contributed by atoms with Gasteiger partial charge in [0.25, 0.3) is 5.91 Å².